The summed E-state index contributed by atoms with van der Waals surface area (Å²) in [6, 6.07) is 3.23. The lowest BCUT2D eigenvalue weighted by Gasteiger charge is -2.41. The van der Waals surface area contributed by atoms with Gasteiger partial charge in [0.25, 0.3) is 0 Å². The molecule has 0 radical (unpaired) electrons. The number of anilines is 1. The monoisotopic (exact) mass is 277 g/mol. The molecule has 4 N–H and O–H groups in total. The Kier molecular flexibility index (Phi) is 3.92. The van der Waals surface area contributed by atoms with Gasteiger partial charge in [-0.15, -0.1) is 0 Å². The standard InChI is InChI=1S/C14H19N3O3/c1-9-5-10(13(15)20)6-11(17-9)16-8-14(3-2-4-14)7-12(18)19/h5-6H,2-4,7-8H2,1H3,(H2,15,20)(H,16,17)(H,18,19). The Bertz CT molecular complexity index is 538. The number of carbonyl (C=O) groups is 2. The average molecular weight is 277 g/mol. The molecule has 6 heteroatoms. The van der Waals surface area contributed by atoms with Crippen LogP contribution in [0.4, 0.5) is 5.82 Å². The first-order valence-corrected chi connectivity index (χ1v) is 6.64. The number of aromatic nitrogens is 1. The molecule has 0 spiro atoms. The van der Waals surface area contributed by atoms with Crippen molar-refractivity contribution >= 4 is 17.7 Å². The van der Waals surface area contributed by atoms with Crippen LogP contribution < -0.4 is 11.1 Å². The molecule has 0 aromatic carbocycles. The molecule has 20 heavy (non-hydrogen) atoms. The predicted octanol–water partition coefficient (Wildman–Crippen LogP) is 1.55. The fraction of sp³-hybridized carbons (Fsp3) is 0.500. The van der Waals surface area contributed by atoms with Crippen LogP contribution >= 0.6 is 0 Å². The second kappa shape index (κ2) is 5.48. The van der Waals surface area contributed by atoms with Crippen LogP contribution in [0, 0.1) is 12.3 Å². The molecule has 0 atom stereocenters. The Balaban J connectivity index is 2.06. The quantitative estimate of drug-likeness (QED) is 0.731. The average Bonchev–Trinajstić information content (AvgIpc) is 2.31. The van der Waals surface area contributed by atoms with Gasteiger partial charge in [-0.25, -0.2) is 4.98 Å². The third-order valence-electron chi connectivity index (χ3n) is 3.82. The van der Waals surface area contributed by atoms with Crippen molar-refractivity contribution in [2.24, 2.45) is 11.1 Å². The Morgan fingerprint density at radius 1 is 1.45 bits per heavy atom. The third kappa shape index (κ3) is 3.26. The second-order valence-electron chi connectivity index (χ2n) is 5.52. The number of carbonyl (C=O) groups excluding carboxylic acids is 1. The van der Waals surface area contributed by atoms with E-state index >= 15 is 0 Å². The van der Waals surface area contributed by atoms with Crippen molar-refractivity contribution < 1.29 is 14.7 Å². The van der Waals surface area contributed by atoms with E-state index < -0.39 is 11.9 Å². The van der Waals surface area contributed by atoms with Crippen LogP contribution in [0.1, 0.15) is 41.7 Å². The minimum absolute atomic E-state index is 0.161. The van der Waals surface area contributed by atoms with Crippen molar-refractivity contribution in [3.63, 3.8) is 0 Å². The van der Waals surface area contributed by atoms with Gasteiger partial charge in [0.2, 0.25) is 5.91 Å². The maximum Gasteiger partial charge on any atom is 0.303 e. The van der Waals surface area contributed by atoms with E-state index in [2.05, 4.69) is 10.3 Å². The SMILES string of the molecule is Cc1cc(C(N)=O)cc(NCC2(CC(=O)O)CCC2)n1. The molecule has 1 fully saturated rings. The molecule has 1 aromatic rings. The lowest BCUT2D eigenvalue weighted by molar-refractivity contribution is -0.141. The summed E-state index contributed by atoms with van der Waals surface area (Å²) in [4.78, 5) is 26.4. The van der Waals surface area contributed by atoms with Crippen molar-refractivity contribution in [3.8, 4) is 0 Å². The number of hydrogen-bond acceptors (Lipinski definition) is 4. The van der Waals surface area contributed by atoms with E-state index in [4.69, 9.17) is 10.8 Å². The molecule has 1 amide bonds. The van der Waals surface area contributed by atoms with Crippen LogP contribution in [0.15, 0.2) is 12.1 Å². The van der Waals surface area contributed by atoms with Gasteiger partial charge in [0, 0.05) is 17.8 Å². The summed E-state index contributed by atoms with van der Waals surface area (Å²) in [6.07, 6.45) is 3.03. The van der Waals surface area contributed by atoms with E-state index in [0.717, 1.165) is 19.3 Å². The van der Waals surface area contributed by atoms with Gasteiger partial charge >= 0.3 is 5.97 Å². The number of pyridine rings is 1. The van der Waals surface area contributed by atoms with Crippen molar-refractivity contribution in [2.75, 3.05) is 11.9 Å². The van der Waals surface area contributed by atoms with Gasteiger partial charge in [-0.05, 0) is 37.3 Å². The maximum absolute atomic E-state index is 11.2. The number of nitrogens with two attached hydrogens (primary N) is 1. The molecule has 1 aliphatic rings. The fourth-order valence-electron chi connectivity index (χ4n) is 2.59. The van der Waals surface area contributed by atoms with Gasteiger partial charge in [0.05, 0.1) is 6.42 Å². The van der Waals surface area contributed by atoms with Crippen molar-refractivity contribution in [1.82, 2.24) is 4.98 Å². The number of aliphatic carboxylic acids is 1. The highest BCUT2D eigenvalue weighted by atomic mass is 16.4. The predicted molar refractivity (Wildman–Crippen MR) is 74.5 cm³/mol. The van der Waals surface area contributed by atoms with Crippen molar-refractivity contribution in [1.29, 1.82) is 0 Å². The van der Waals surface area contributed by atoms with Crippen LogP contribution in [0.2, 0.25) is 0 Å². The van der Waals surface area contributed by atoms with E-state index in [1.165, 1.54) is 0 Å². The van der Waals surface area contributed by atoms with Gasteiger partial charge < -0.3 is 16.2 Å². The molecule has 1 heterocycles. The maximum atomic E-state index is 11.2. The van der Waals surface area contributed by atoms with E-state index in [-0.39, 0.29) is 11.8 Å². The van der Waals surface area contributed by atoms with Gasteiger partial charge in [0.1, 0.15) is 5.82 Å². The number of nitrogens with zero attached hydrogens (tertiary/aromatic N) is 1. The zero-order chi connectivity index (χ0) is 14.8. The molecule has 1 saturated carbocycles. The number of hydrogen-bond donors (Lipinski definition) is 3. The van der Waals surface area contributed by atoms with E-state index in [9.17, 15) is 9.59 Å². The molecule has 0 bridgehead atoms. The first-order chi connectivity index (χ1) is 9.40. The summed E-state index contributed by atoms with van der Waals surface area (Å²) < 4.78 is 0. The first-order valence-electron chi connectivity index (χ1n) is 6.64. The minimum atomic E-state index is -0.776. The van der Waals surface area contributed by atoms with Gasteiger partial charge in [0.15, 0.2) is 0 Å². The number of aryl methyl sites for hydroxylation is 1. The number of carboxylic acids is 1. The van der Waals surface area contributed by atoms with E-state index in [0.29, 0.717) is 23.6 Å². The molecule has 0 saturated heterocycles. The normalized spacial score (nSPS) is 16.2. The highest BCUT2D eigenvalue weighted by Crippen LogP contribution is 2.43. The first kappa shape index (κ1) is 14.3. The smallest absolute Gasteiger partial charge is 0.303 e. The third-order valence-corrected chi connectivity index (χ3v) is 3.82. The summed E-state index contributed by atoms with van der Waals surface area (Å²) >= 11 is 0. The molecular formula is C14H19N3O3. The van der Waals surface area contributed by atoms with Crippen molar-refractivity contribution in [3.05, 3.63) is 23.4 Å². The zero-order valence-corrected chi connectivity index (χ0v) is 11.5. The fourth-order valence-corrected chi connectivity index (χ4v) is 2.59. The van der Waals surface area contributed by atoms with Gasteiger partial charge in [-0.2, -0.15) is 0 Å². The molecule has 6 nitrogen and oxygen atoms in total. The molecule has 1 aliphatic carbocycles. The van der Waals surface area contributed by atoms with Crippen LogP contribution in [0.25, 0.3) is 0 Å². The molecular weight excluding hydrogens is 258 g/mol. The topological polar surface area (TPSA) is 105 Å². The Hall–Kier alpha value is -2.11. The zero-order valence-electron chi connectivity index (χ0n) is 11.5. The van der Waals surface area contributed by atoms with Gasteiger partial charge in [-0.1, -0.05) is 6.42 Å². The Morgan fingerprint density at radius 3 is 2.65 bits per heavy atom. The second-order valence-corrected chi connectivity index (χ2v) is 5.52. The number of primary amides is 1. The van der Waals surface area contributed by atoms with Crippen LogP contribution in [0.3, 0.4) is 0 Å². The van der Waals surface area contributed by atoms with Gasteiger partial charge in [-0.3, -0.25) is 9.59 Å². The lowest BCUT2D eigenvalue weighted by atomic mass is 9.66. The van der Waals surface area contributed by atoms with E-state index in [1.807, 2.05) is 0 Å². The Morgan fingerprint density at radius 2 is 2.15 bits per heavy atom. The largest absolute Gasteiger partial charge is 0.481 e. The minimum Gasteiger partial charge on any atom is -0.481 e. The number of nitrogens with one attached hydrogen (secondary N) is 1. The number of amides is 1. The van der Waals surface area contributed by atoms with Crippen molar-refractivity contribution in [2.45, 2.75) is 32.6 Å². The number of carboxylic acid groups (broad SMARTS) is 1. The molecule has 108 valence electrons. The highest BCUT2D eigenvalue weighted by Gasteiger charge is 2.38. The summed E-state index contributed by atoms with van der Waals surface area (Å²) in [5, 5.41) is 12.1. The lowest BCUT2D eigenvalue weighted by Crippen LogP contribution is -2.38. The molecule has 2 rings (SSSR count). The summed E-state index contributed by atoms with van der Waals surface area (Å²) in [5.74, 6) is -0.709. The summed E-state index contributed by atoms with van der Waals surface area (Å²) in [5.41, 5.74) is 6.18. The van der Waals surface area contributed by atoms with E-state index in [1.54, 1.807) is 19.1 Å². The van der Waals surface area contributed by atoms with Crippen LogP contribution in [-0.2, 0) is 4.79 Å². The molecule has 0 unspecified atom stereocenters. The van der Waals surface area contributed by atoms with Crippen LogP contribution in [-0.4, -0.2) is 28.5 Å². The number of rotatable bonds is 6. The summed E-state index contributed by atoms with van der Waals surface area (Å²) in [7, 11) is 0. The Labute approximate surface area is 117 Å². The highest BCUT2D eigenvalue weighted by molar-refractivity contribution is 5.93. The summed E-state index contributed by atoms with van der Waals surface area (Å²) in [6.45, 7) is 2.34. The molecule has 0 aliphatic heterocycles. The van der Waals surface area contributed by atoms with Crippen LogP contribution in [0.5, 0.6) is 0 Å². The molecule has 1 aromatic heterocycles.